The van der Waals surface area contributed by atoms with E-state index in [2.05, 4.69) is 44.8 Å². The number of hydrogen-bond acceptors (Lipinski definition) is 3. The third-order valence-corrected chi connectivity index (χ3v) is 4.34. The summed E-state index contributed by atoms with van der Waals surface area (Å²) in [6.07, 6.45) is 2.48. The fraction of sp³-hybridized carbons (Fsp3) is 1.00. The summed E-state index contributed by atoms with van der Waals surface area (Å²) in [5, 5.41) is 3.73. The monoisotopic (exact) mass is 270 g/mol. The molecule has 1 fully saturated rings. The Kier molecular flexibility index (Phi) is 7.96. The molecule has 3 unspecified atom stereocenters. The predicted octanol–water partition coefficient (Wildman–Crippen LogP) is 2.76. The van der Waals surface area contributed by atoms with Gasteiger partial charge in [-0.05, 0) is 18.3 Å². The minimum atomic E-state index is 0.637. The highest BCUT2D eigenvalue weighted by Crippen LogP contribution is 2.16. The number of ether oxygens (including phenoxy) is 1. The normalized spacial score (nSPS) is 26.8. The number of piperazine rings is 1. The molecule has 0 aromatic heterocycles. The van der Waals surface area contributed by atoms with Crippen molar-refractivity contribution in [2.45, 2.75) is 59.5 Å². The second-order valence-corrected chi connectivity index (χ2v) is 6.43. The predicted molar refractivity (Wildman–Crippen MR) is 82.6 cm³/mol. The van der Waals surface area contributed by atoms with Crippen LogP contribution in [0.2, 0.25) is 0 Å². The van der Waals surface area contributed by atoms with Gasteiger partial charge < -0.3 is 10.1 Å². The first kappa shape index (κ1) is 16.9. The first-order valence-corrected chi connectivity index (χ1v) is 8.13. The lowest BCUT2D eigenvalue weighted by atomic mass is 9.95. The van der Waals surface area contributed by atoms with Crippen molar-refractivity contribution in [1.29, 1.82) is 0 Å². The van der Waals surface area contributed by atoms with Crippen LogP contribution < -0.4 is 5.32 Å². The lowest BCUT2D eigenvalue weighted by Crippen LogP contribution is -2.58. The molecule has 114 valence electrons. The standard InChI is InChI=1S/C16H34N2O/c1-6-14(5)16-11-18(15(7-2)10-17-16)8-9-19-12-13(3)4/h13-17H,6-12H2,1-5H3. The molecular weight excluding hydrogens is 236 g/mol. The van der Waals surface area contributed by atoms with Gasteiger partial charge >= 0.3 is 0 Å². The van der Waals surface area contributed by atoms with Gasteiger partial charge in [0.1, 0.15) is 0 Å². The Labute approximate surface area is 120 Å². The summed E-state index contributed by atoms with van der Waals surface area (Å²) in [7, 11) is 0. The fourth-order valence-corrected chi connectivity index (χ4v) is 2.73. The molecule has 3 atom stereocenters. The van der Waals surface area contributed by atoms with E-state index in [-0.39, 0.29) is 0 Å². The van der Waals surface area contributed by atoms with Crippen LogP contribution in [-0.2, 0) is 4.74 Å². The second kappa shape index (κ2) is 8.93. The summed E-state index contributed by atoms with van der Waals surface area (Å²) < 4.78 is 5.75. The van der Waals surface area contributed by atoms with E-state index >= 15 is 0 Å². The SMILES string of the molecule is CCC(C)C1CN(CCOCC(C)C)C(CC)CN1. The molecule has 3 nitrogen and oxygen atoms in total. The van der Waals surface area contributed by atoms with Crippen molar-refractivity contribution in [3.05, 3.63) is 0 Å². The van der Waals surface area contributed by atoms with E-state index in [1.54, 1.807) is 0 Å². The molecule has 0 radical (unpaired) electrons. The molecule has 1 rings (SSSR count). The zero-order chi connectivity index (χ0) is 14.3. The topological polar surface area (TPSA) is 24.5 Å². The summed E-state index contributed by atoms with van der Waals surface area (Å²) >= 11 is 0. The zero-order valence-corrected chi connectivity index (χ0v) is 13.6. The first-order valence-electron chi connectivity index (χ1n) is 8.13. The van der Waals surface area contributed by atoms with E-state index in [4.69, 9.17) is 4.74 Å². The molecule has 3 heteroatoms. The van der Waals surface area contributed by atoms with Gasteiger partial charge in [-0.1, -0.05) is 41.0 Å². The number of nitrogens with zero attached hydrogens (tertiary/aromatic N) is 1. The maximum Gasteiger partial charge on any atom is 0.0593 e. The quantitative estimate of drug-likeness (QED) is 0.686. The van der Waals surface area contributed by atoms with Gasteiger partial charge in [-0.3, -0.25) is 4.90 Å². The van der Waals surface area contributed by atoms with Crippen molar-refractivity contribution in [3.8, 4) is 0 Å². The smallest absolute Gasteiger partial charge is 0.0593 e. The van der Waals surface area contributed by atoms with Gasteiger partial charge in [0, 0.05) is 38.3 Å². The summed E-state index contributed by atoms with van der Waals surface area (Å²) in [4.78, 5) is 2.63. The highest BCUT2D eigenvalue weighted by molar-refractivity contribution is 4.87. The van der Waals surface area contributed by atoms with Crippen molar-refractivity contribution >= 4 is 0 Å². The van der Waals surface area contributed by atoms with Crippen LogP contribution >= 0.6 is 0 Å². The molecule has 1 saturated heterocycles. The largest absolute Gasteiger partial charge is 0.380 e. The van der Waals surface area contributed by atoms with Gasteiger partial charge in [0.05, 0.1) is 6.61 Å². The molecule has 1 N–H and O–H groups in total. The Morgan fingerprint density at radius 3 is 2.58 bits per heavy atom. The van der Waals surface area contributed by atoms with E-state index in [1.807, 2.05) is 0 Å². The molecule has 0 saturated carbocycles. The van der Waals surface area contributed by atoms with Gasteiger partial charge in [0.25, 0.3) is 0 Å². The Morgan fingerprint density at radius 1 is 1.26 bits per heavy atom. The molecule has 0 aromatic carbocycles. The van der Waals surface area contributed by atoms with Crippen molar-refractivity contribution in [2.24, 2.45) is 11.8 Å². The van der Waals surface area contributed by atoms with Gasteiger partial charge in [0.2, 0.25) is 0 Å². The summed E-state index contributed by atoms with van der Waals surface area (Å²) in [6.45, 7) is 16.5. The lowest BCUT2D eigenvalue weighted by Gasteiger charge is -2.42. The molecule has 0 amide bonds. The molecule has 1 aliphatic rings. The molecular formula is C16H34N2O. The minimum Gasteiger partial charge on any atom is -0.380 e. The van der Waals surface area contributed by atoms with Gasteiger partial charge in [-0.25, -0.2) is 0 Å². The van der Waals surface area contributed by atoms with Crippen LogP contribution in [0.5, 0.6) is 0 Å². The third kappa shape index (κ3) is 5.80. The third-order valence-electron chi connectivity index (χ3n) is 4.34. The highest BCUT2D eigenvalue weighted by atomic mass is 16.5. The lowest BCUT2D eigenvalue weighted by molar-refractivity contribution is 0.0474. The number of nitrogens with one attached hydrogen (secondary N) is 1. The van der Waals surface area contributed by atoms with E-state index in [0.29, 0.717) is 18.0 Å². The molecule has 1 heterocycles. The molecule has 19 heavy (non-hydrogen) atoms. The van der Waals surface area contributed by atoms with Gasteiger partial charge in [-0.15, -0.1) is 0 Å². The Hall–Kier alpha value is -0.120. The second-order valence-electron chi connectivity index (χ2n) is 6.43. The first-order chi connectivity index (χ1) is 9.08. The van der Waals surface area contributed by atoms with Gasteiger partial charge in [-0.2, -0.15) is 0 Å². The molecule has 0 spiro atoms. The fourth-order valence-electron chi connectivity index (χ4n) is 2.73. The Bertz CT molecular complexity index is 233. The minimum absolute atomic E-state index is 0.637. The van der Waals surface area contributed by atoms with E-state index in [9.17, 15) is 0 Å². The molecule has 0 aromatic rings. The van der Waals surface area contributed by atoms with Crippen LogP contribution in [0, 0.1) is 11.8 Å². The van der Waals surface area contributed by atoms with E-state index in [1.165, 1.54) is 19.4 Å². The van der Waals surface area contributed by atoms with Crippen molar-refractivity contribution in [1.82, 2.24) is 10.2 Å². The van der Waals surface area contributed by atoms with Crippen LogP contribution in [0.4, 0.5) is 0 Å². The van der Waals surface area contributed by atoms with Gasteiger partial charge in [0.15, 0.2) is 0 Å². The summed E-state index contributed by atoms with van der Waals surface area (Å²) in [5.41, 5.74) is 0. The Balaban J connectivity index is 2.37. The summed E-state index contributed by atoms with van der Waals surface area (Å²) in [6, 6.07) is 1.33. The van der Waals surface area contributed by atoms with Crippen LogP contribution in [-0.4, -0.2) is 49.8 Å². The van der Waals surface area contributed by atoms with Crippen molar-refractivity contribution in [2.75, 3.05) is 32.8 Å². The van der Waals surface area contributed by atoms with Crippen LogP contribution in [0.1, 0.15) is 47.5 Å². The average molecular weight is 270 g/mol. The van der Waals surface area contributed by atoms with Crippen molar-refractivity contribution in [3.63, 3.8) is 0 Å². The van der Waals surface area contributed by atoms with E-state index < -0.39 is 0 Å². The maximum absolute atomic E-state index is 5.75. The van der Waals surface area contributed by atoms with Crippen molar-refractivity contribution < 1.29 is 4.74 Å². The highest BCUT2D eigenvalue weighted by Gasteiger charge is 2.28. The van der Waals surface area contributed by atoms with Crippen LogP contribution in [0.15, 0.2) is 0 Å². The maximum atomic E-state index is 5.75. The van der Waals surface area contributed by atoms with Crippen LogP contribution in [0.25, 0.3) is 0 Å². The molecule has 1 aliphatic heterocycles. The van der Waals surface area contributed by atoms with Crippen LogP contribution in [0.3, 0.4) is 0 Å². The number of hydrogen-bond donors (Lipinski definition) is 1. The average Bonchev–Trinajstić information content (AvgIpc) is 2.42. The zero-order valence-electron chi connectivity index (χ0n) is 13.6. The molecule has 0 bridgehead atoms. The van der Waals surface area contributed by atoms with E-state index in [0.717, 1.165) is 32.2 Å². The number of rotatable bonds is 8. The Morgan fingerprint density at radius 2 is 2.00 bits per heavy atom. The molecule has 0 aliphatic carbocycles. The summed E-state index contributed by atoms with van der Waals surface area (Å²) in [5.74, 6) is 1.40.